The maximum Gasteiger partial charge on any atom is 0.280 e. The molecule has 0 N–H and O–H groups in total. The van der Waals surface area contributed by atoms with Gasteiger partial charge in [0, 0.05) is 13.0 Å². The Morgan fingerprint density at radius 1 is 1.10 bits per heavy atom. The van der Waals surface area contributed by atoms with Gasteiger partial charge in [-0.15, -0.1) is 0 Å². The zero-order chi connectivity index (χ0) is 20.0. The fourth-order valence-corrected chi connectivity index (χ4v) is 4.19. The van der Waals surface area contributed by atoms with Crippen molar-refractivity contribution < 1.29 is 4.52 Å². The van der Waals surface area contributed by atoms with E-state index < -0.39 is 0 Å². The normalized spacial score (nSPS) is 19.2. The van der Waals surface area contributed by atoms with Crippen LogP contribution < -0.4 is 5.56 Å². The van der Waals surface area contributed by atoms with Crippen LogP contribution in [0, 0.1) is 6.92 Å². The third-order valence-electron chi connectivity index (χ3n) is 5.84. The van der Waals surface area contributed by atoms with Gasteiger partial charge in [0.25, 0.3) is 5.56 Å². The summed E-state index contributed by atoms with van der Waals surface area (Å²) in [5, 5.41) is 4.20. The number of aromatic nitrogens is 6. The molecule has 1 saturated carbocycles. The molecule has 8 heteroatoms. The van der Waals surface area contributed by atoms with Crippen LogP contribution in [0.4, 0.5) is 0 Å². The van der Waals surface area contributed by atoms with Crippen molar-refractivity contribution in [3.05, 3.63) is 70.1 Å². The second-order valence-electron chi connectivity index (χ2n) is 7.87. The van der Waals surface area contributed by atoms with E-state index in [-0.39, 0.29) is 18.0 Å². The van der Waals surface area contributed by atoms with Crippen LogP contribution in [0.5, 0.6) is 0 Å². The molecule has 5 rings (SSSR count). The molecule has 8 nitrogen and oxygen atoms in total. The van der Waals surface area contributed by atoms with Crippen molar-refractivity contribution in [1.82, 2.24) is 29.2 Å². The zero-order valence-corrected chi connectivity index (χ0v) is 16.4. The molecule has 3 heterocycles. The first-order valence-corrected chi connectivity index (χ1v) is 9.84. The molecule has 1 aliphatic carbocycles. The number of benzene rings is 1. The number of imidazole rings is 1. The average Bonchev–Trinajstić information content (AvgIpc) is 3.45. The van der Waals surface area contributed by atoms with Crippen molar-refractivity contribution in [2.24, 2.45) is 7.05 Å². The first-order valence-electron chi connectivity index (χ1n) is 9.84. The van der Waals surface area contributed by atoms with Crippen LogP contribution in [-0.2, 0) is 13.6 Å². The standard InChI is InChI=1S/C21H22N6O2/c1-13-3-5-14(6-4-13)15-7-8-16(9-15)19-24-17(29-25-19)10-27-12-23-20-18(21(27)28)26(2)11-22-20/h3-6,11-12,15-16H,7-10H2,1-2H3/t15-,16-/m0/s1. The molecule has 0 aliphatic heterocycles. The molecule has 4 aromatic rings. The van der Waals surface area contributed by atoms with Gasteiger partial charge in [-0.2, -0.15) is 4.98 Å². The van der Waals surface area contributed by atoms with E-state index in [0.29, 0.717) is 23.0 Å². The average molecular weight is 390 g/mol. The lowest BCUT2D eigenvalue weighted by Crippen LogP contribution is -2.22. The number of hydrogen-bond donors (Lipinski definition) is 0. The molecule has 148 valence electrons. The number of aryl methyl sites for hydroxylation is 2. The van der Waals surface area contributed by atoms with E-state index in [1.807, 2.05) is 0 Å². The molecule has 0 saturated heterocycles. The number of nitrogens with zero attached hydrogens (tertiary/aromatic N) is 6. The smallest absolute Gasteiger partial charge is 0.280 e. The monoisotopic (exact) mass is 390 g/mol. The van der Waals surface area contributed by atoms with Gasteiger partial charge in [-0.25, -0.2) is 9.97 Å². The van der Waals surface area contributed by atoms with Crippen LogP contribution in [0.2, 0.25) is 0 Å². The molecule has 0 unspecified atom stereocenters. The Labute approximate surface area is 167 Å². The fourth-order valence-electron chi connectivity index (χ4n) is 4.19. The van der Waals surface area contributed by atoms with Gasteiger partial charge in [0.15, 0.2) is 17.0 Å². The molecule has 1 aromatic carbocycles. The molecular formula is C21H22N6O2. The largest absolute Gasteiger partial charge is 0.337 e. The summed E-state index contributed by atoms with van der Waals surface area (Å²) in [6.07, 6.45) is 6.24. The second-order valence-corrected chi connectivity index (χ2v) is 7.87. The summed E-state index contributed by atoms with van der Waals surface area (Å²) >= 11 is 0. The second kappa shape index (κ2) is 6.95. The third kappa shape index (κ3) is 3.24. The van der Waals surface area contributed by atoms with Crippen LogP contribution in [-0.4, -0.2) is 29.2 Å². The molecule has 0 spiro atoms. The molecule has 0 amide bonds. The van der Waals surface area contributed by atoms with Gasteiger partial charge in [-0.1, -0.05) is 35.0 Å². The number of rotatable bonds is 4. The van der Waals surface area contributed by atoms with E-state index in [4.69, 9.17) is 4.52 Å². The lowest BCUT2D eigenvalue weighted by Gasteiger charge is -2.10. The molecule has 3 aromatic heterocycles. The van der Waals surface area contributed by atoms with Crippen molar-refractivity contribution >= 4 is 11.2 Å². The molecule has 1 fully saturated rings. The van der Waals surface area contributed by atoms with E-state index >= 15 is 0 Å². The predicted octanol–water partition coefficient (Wildman–Crippen LogP) is 2.92. The van der Waals surface area contributed by atoms with E-state index in [2.05, 4.69) is 51.3 Å². The minimum Gasteiger partial charge on any atom is -0.337 e. The summed E-state index contributed by atoms with van der Waals surface area (Å²) in [6, 6.07) is 8.77. The summed E-state index contributed by atoms with van der Waals surface area (Å²) in [5.74, 6) is 1.97. The maximum absolute atomic E-state index is 12.7. The van der Waals surface area contributed by atoms with Gasteiger partial charge in [0.05, 0.1) is 6.33 Å². The Bertz CT molecular complexity index is 1220. The van der Waals surface area contributed by atoms with Gasteiger partial charge in [0.1, 0.15) is 12.9 Å². The number of hydrogen-bond acceptors (Lipinski definition) is 6. The van der Waals surface area contributed by atoms with Crippen LogP contribution >= 0.6 is 0 Å². The Morgan fingerprint density at radius 2 is 1.86 bits per heavy atom. The highest BCUT2D eigenvalue weighted by molar-refractivity contribution is 5.68. The fraction of sp³-hybridized carbons (Fsp3) is 0.381. The quantitative estimate of drug-likeness (QED) is 0.532. The Kier molecular flexibility index (Phi) is 4.26. The highest BCUT2D eigenvalue weighted by Gasteiger charge is 2.30. The lowest BCUT2D eigenvalue weighted by atomic mass is 9.95. The lowest BCUT2D eigenvalue weighted by molar-refractivity contribution is 0.361. The highest BCUT2D eigenvalue weighted by Crippen LogP contribution is 2.42. The predicted molar refractivity (Wildman–Crippen MR) is 107 cm³/mol. The van der Waals surface area contributed by atoms with Crippen molar-refractivity contribution in [2.75, 3.05) is 0 Å². The number of fused-ring (bicyclic) bond motifs is 1. The van der Waals surface area contributed by atoms with Crippen molar-refractivity contribution in [3.8, 4) is 0 Å². The minimum absolute atomic E-state index is 0.171. The summed E-state index contributed by atoms with van der Waals surface area (Å²) in [5.41, 5.74) is 3.39. The van der Waals surface area contributed by atoms with Gasteiger partial charge < -0.3 is 9.09 Å². The molecule has 29 heavy (non-hydrogen) atoms. The first-order chi connectivity index (χ1) is 14.1. The Morgan fingerprint density at radius 3 is 2.69 bits per heavy atom. The van der Waals surface area contributed by atoms with E-state index in [1.54, 1.807) is 17.9 Å². The van der Waals surface area contributed by atoms with Gasteiger partial charge in [-0.05, 0) is 37.7 Å². The van der Waals surface area contributed by atoms with Crippen LogP contribution in [0.3, 0.4) is 0 Å². The van der Waals surface area contributed by atoms with Gasteiger partial charge in [0.2, 0.25) is 5.89 Å². The molecule has 0 bridgehead atoms. The van der Waals surface area contributed by atoms with Crippen molar-refractivity contribution in [1.29, 1.82) is 0 Å². The van der Waals surface area contributed by atoms with E-state index in [0.717, 1.165) is 25.1 Å². The highest BCUT2D eigenvalue weighted by atomic mass is 16.5. The Hall–Kier alpha value is -3.29. The summed E-state index contributed by atoms with van der Waals surface area (Å²) < 4.78 is 8.59. The summed E-state index contributed by atoms with van der Waals surface area (Å²) in [6.45, 7) is 2.31. The molecular weight excluding hydrogens is 368 g/mol. The third-order valence-corrected chi connectivity index (χ3v) is 5.84. The molecule has 1 aliphatic rings. The van der Waals surface area contributed by atoms with Gasteiger partial charge in [-0.3, -0.25) is 9.36 Å². The topological polar surface area (TPSA) is 91.6 Å². The Balaban J connectivity index is 1.32. The van der Waals surface area contributed by atoms with Gasteiger partial charge >= 0.3 is 0 Å². The molecule has 0 radical (unpaired) electrons. The van der Waals surface area contributed by atoms with E-state index in [1.165, 1.54) is 22.0 Å². The minimum atomic E-state index is -0.171. The SMILES string of the molecule is Cc1ccc([C@H]2CC[C@H](c3noc(Cn4cnc5ncn(C)c5c4=O)n3)C2)cc1. The van der Waals surface area contributed by atoms with Crippen LogP contribution in [0.15, 0.2) is 46.2 Å². The summed E-state index contributed by atoms with van der Waals surface area (Å²) in [4.78, 5) is 25.6. The zero-order valence-electron chi connectivity index (χ0n) is 16.4. The van der Waals surface area contributed by atoms with E-state index in [9.17, 15) is 4.79 Å². The van der Waals surface area contributed by atoms with Crippen molar-refractivity contribution in [2.45, 2.75) is 44.6 Å². The van der Waals surface area contributed by atoms with Crippen LogP contribution in [0.1, 0.15) is 53.9 Å². The van der Waals surface area contributed by atoms with Crippen molar-refractivity contribution in [3.63, 3.8) is 0 Å². The summed E-state index contributed by atoms with van der Waals surface area (Å²) in [7, 11) is 1.78. The molecule has 2 atom stereocenters. The van der Waals surface area contributed by atoms with Crippen LogP contribution in [0.25, 0.3) is 11.2 Å². The maximum atomic E-state index is 12.7. The first kappa shape index (κ1) is 17.8.